The monoisotopic (exact) mass is 569 g/mol. The third-order valence-electron chi connectivity index (χ3n) is 7.37. The number of amides is 3. The summed E-state index contributed by atoms with van der Waals surface area (Å²) in [6.45, 7) is 3.17. The zero-order chi connectivity index (χ0) is 29.7. The Hall–Kier alpha value is -4.23. The number of aliphatic carboxylic acids is 2. The van der Waals surface area contributed by atoms with E-state index in [1.54, 1.807) is 36.4 Å². The molecule has 2 aliphatic rings. The third-order valence-corrected chi connectivity index (χ3v) is 7.37. The van der Waals surface area contributed by atoms with Crippen LogP contribution in [0.4, 0.5) is 10.5 Å². The summed E-state index contributed by atoms with van der Waals surface area (Å²) in [7, 11) is 0. The Balaban J connectivity index is 1.80. The van der Waals surface area contributed by atoms with Crippen molar-refractivity contribution >= 4 is 46.3 Å². The molecule has 3 amide bonds. The largest absolute Gasteiger partial charge is 0.481 e. The molecule has 0 spiro atoms. The second-order valence-corrected chi connectivity index (χ2v) is 10.2. The van der Waals surface area contributed by atoms with Gasteiger partial charge in [0.25, 0.3) is 5.91 Å². The molecule has 41 heavy (non-hydrogen) atoms. The lowest BCUT2D eigenvalue weighted by molar-refractivity contribution is -0.160. The van der Waals surface area contributed by atoms with Gasteiger partial charge in [0.05, 0.1) is 18.0 Å². The number of benzene rings is 2. The maximum Gasteiger partial charge on any atom is 0.343 e. The first-order chi connectivity index (χ1) is 19.6. The van der Waals surface area contributed by atoms with Gasteiger partial charge in [-0.15, -0.1) is 0 Å². The quantitative estimate of drug-likeness (QED) is 0.369. The van der Waals surface area contributed by atoms with Gasteiger partial charge in [-0.1, -0.05) is 43.7 Å². The molecule has 0 bridgehead atoms. The van der Waals surface area contributed by atoms with Crippen molar-refractivity contribution in [2.24, 2.45) is 5.92 Å². The second-order valence-electron chi connectivity index (χ2n) is 10.2. The number of carboxylic acid groups (broad SMARTS) is 2. The molecule has 13 nitrogen and oxygen atoms in total. The number of nitrogens with one attached hydrogen (secondary N) is 2. The Labute approximate surface area is 236 Å². The van der Waals surface area contributed by atoms with E-state index in [1.165, 1.54) is 16.9 Å². The SMILES string of the molecule is CCCCN(C(=O)c1c(N[C@@H](C)C(=O)O)ccc2ccccc12)C(=O)N1C[C@H](C(=O)O)CNOC(=O)[C@@H]2CCCN21. The molecular formula is C28H35N5O8. The van der Waals surface area contributed by atoms with E-state index in [1.807, 2.05) is 6.92 Å². The Morgan fingerprint density at radius 1 is 1.17 bits per heavy atom. The molecular weight excluding hydrogens is 534 g/mol. The summed E-state index contributed by atoms with van der Waals surface area (Å²) in [6, 6.07) is 7.83. The van der Waals surface area contributed by atoms with Gasteiger partial charge in [0.15, 0.2) is 0 Å². The molecule has 0 aliphatic carbocycles. The van der Waals surface area contributed by atoms with Crippen LogP contribution >= 0.6 is 0 Å². The van der Waals surface area contributed by atoms with Crippen molar-refractivity contribution < 1.29 is 39.0 Å². The Bertz CT molecular complexity index is 1330. The van der Waals surface area contributed by atoms with Crippen LogP contribution in [0.5, 0.6) is 0 Å². The van der Waals surface area contributed by atoms with E-state index in [0.717, 1.165) is 10.3 Å². The number of fused-ring (bicyclic) bond motifs is 2. The summed E-state index contributed by atoms with van der Waals surface area (Å²) in [4.78, 5) is 71.2. The van der Waals surface area contributed by atoms with Crippen molar-refractivity contribution in [2.45, 2.75) is 51.6 Å². The minimum atomic E-state index is -1.20. The smallest absolute Gasteiger partial charge is 0.343 e. The number of rotatable bonds is 8. The normalized spacial score (nSPS) is 20.2. The highest BCUT2D eigenvalue weighted by molar-refractivity contribution is 6.16. The second kappa shape index (κ2) is 13.0. The summed E-state index contributed by atoms with van der Waals surface area (Å²) < 4.78 is 0. The summed E-state index contributed by atoms with van der Waals surface area (Å²) in [6.07, 6.45) is 2.10. The highest BCUT2D eigenvalue weighted by Gasteiger charge is 2.43. The van der Waals surface area contributed by atoms with Crippen LogP contribution in [0.15, 0.2) is 36.4 Å². The summed E-state index contributed by atoms with van der Waals surface area (Å²) in [5.41, 5.74) is 2.79. The lowest BCUT2D eigenvalue weighted by atomic mass is 10.0. The highest BCUT2D eigenvalue weighted by Crippen LogP contribution is 2.30. The number of carboxylic acids is 2. The molecule has 0 saturated carbocycles. The minimum absolute atomic E-state index is 0.0285. The van der Waals surface area contributed by atoms with Gasteiger partial charge in [0.1, 0.15) is 12.1 Å². The fourth-order valence-corrected chi connectivity index (χ4v) is 5.08. The zero-order valence-electron chi connectivity index (χ0n) is 23.0. The van der Waals surface area contributed by atoms with E-state index in [0.29, 0.717) is 37.6 Å². The van der Waals surface area contributed by atoms with Gasteiger partial charge in [-0.3, -0.25) is 24.3 Å². The molecule has 4 N–H and O–H groups in total. The van der Waals surface area contributed by atoms with Gasteiger partial charge in [0.2, 0.25) is 0 Å². The lowest BCUT2D eigenvalue weighted by Gasteiger charge is -2.38. The fourth-order valence-electron chi connectivity index (χ4n) is 5.08. The number of carbonyl (C=O) groups is 5. The maximum absolute atomic E-state index is 14.4. The number of unbranched alkanes of at least 4 members (excludes halogenated alkanes) is 1. The third kappa shape index (κ3) is 6.41. The van der Waals surface area contributed by atoms with Crippen molar-refractivity contribution in [2.75, 3.05) is 31.5 Å². The Morgan fingerprint density at radius 2 is 1.93 bits per heavy atom. The number of anilines is 1. The number of carbonyl (C=O) groups excluding carboxylic acids is 3. The first kappa shape index (κ1) is 29.7. The molecule has 0 radical (unpaired) electrons. The molecule has 13 heteroatoms. The van der Waals surface area contributed by atoms with Crippen LogP contribution in [0, 0.1) is 5.92 Å². The molecule has 2 saturated heterocycles. The summed E-state index contributed by atoms with van der Waals surface area (Å²) >= 11 is 0. The van der Waals surface area contributed by atoms with Crippen molar-refractivity contribution in [1.29, 1.82) is 0 Å². The number of hydrogen-bond acceptors (Lipinski definition) is 9. The lowest BCUT2D eigenvalue weighted by Crippen LogP contribution is -2.58. The van der Waals surface area contributed by atoms with Crippen LogP contribution in [0.25, 0.3) is 10.8 Å². The van der Waals surface area contributed by atoms with Crippen molar-refractivity contribution in [3.05, 3.63) is 42.0 Å². The molecule has 0 unspecified atom stereocenters. The van der Waals surface area contributed by atoms with Gasteiger partial charge in [0, 0.05) is 25.3 Å². The van der Waals surface area contributed by atoms with Gasteiger partial charge in [-0.25, -0.2) is 14.6 Å². The van der Waals surface area contributed by atoms with Crippen molar-refractivity contribution in [3.8, 4) is 0 Å². The molecule has 220 valence electrons. The molecule has 4 rings (SSSR count). The maximum atomic E-state index is 14.4. The van der Waals surface area contributed by atoms with E-state index >= 15 is 0 Å². The van der Waals surface area contributed by atoms with Gasteiger partial charge >= 0.3 is 23.9 Å². The van der Waals surface area contributed by atoms with Crippen LogP contribution in [0.2, 0.25) is 0 Å². The van der Waals surface area contributed by atoms with Crippen LogP contribution in [-0.4, -0.2) is 93.2 Å². The topological polar surface area (TPSA) is 169 Å². The molecule has 2 fully saturated rings. The molecule has 3 atom stereocenters. The first-order valence-electron chi connectivity index (χ1n) is 13.7. The zero-order valence-corrected chi connectivity index (χ0v) is 23.0. The minimum Gasteiger partial charge on any atom is -0.481 e. The first-order valence-corrected chi connectivity index (χ1v) is 13.7. The summed E-state index contributed by atoms with van der Waals surface area (Å²) in [5.74, 6) is -4.74. The number of imide groups is 1. The van der Waals surface area contributed by atoms with E-state index in [4.69, 9.17) is 4.84 Å². The van der Waals surface area contributed by atoms with Crippen LogP contribution in [0.1, 0.15) is 49.9 Å². The molecule has 2 aliphatic heterocycles. The average molecular weight is 570 g/mol. The number of hydrogen-bond donors (Lipinski definition) is 4. The predicted molar refractivity (Wildman–Crippen MR) is 148 cm³/mol. The fraction of sp³-hybridized carbons (Fsp3) is 0.464. The van der Waals surface area contributed by atoms with Crippen LogP contribution < -0.4 is 10.8 Å². The van der Waals surface area contributed by atoms with Crippen LogP contribution in [-0.2, 0) is 19.2 Å². The number of urea groups is 1. The van der Waals surface area contributed by atoms with E-state index < -0.39 is 47.8 Å². The highest BCUT2D eigenvalue weighted by atomic mass is 16.7. The number of hydroxylamine groups is 1. The average Bonchev–Trinajstić information content (AvgIpc) is 3.45. The van der Waals surface area contributed by atoms with Crippen LogP contribution in [0.3, 0.4) is 0 Å². The number of hydrazine groups is 1. The Morgan fingerprint density at radius 3 is 2.63 bits per heavy atom. The van der Waals surface area contributed by atoms with E-state index in [-0.39, 0.29) is 30.9 Å². The van der Waals surface area contributed by atoms with Gasteiger partial charge in [-0.05, 0) is 43.0 Å². The molecule has 2 aromatic carbocycles. The van der Waals surface area contributed by atoms with Crippen molar-refractivity contribution in [1.82, 2.24) is 20.4 Å². The Kier molecular flexibility index (Phi) is 9.40. The van der Waals surface area contributed by atoms with Crippen molar-refractivity contribution in [3.63, 3.8) is 0 Å². The predicted octanol–water partition coefficient (Wildman–Crippen LogP) is 2.53. The van der Waals surface area contributed by atoms with E-state index in [9.17, 15) is 34.2 Å². The number of nitrogens with zero attached hydrogens (tertiary/aromatic N) is 3. The van der Waals surface area contributed by atoms with E-state index in [2.05, 4.69) is 10.8 Å². The van der Waals surface area contributed by atoms with Gasteiger partial charge < -0.3 is 20.4 Å². The molecule has 2 aromatic rings. The van der Waals surface area contributed by atoms with Gasteiger partial charge in [-0.2, -0.15) is 5.48 Å². The summed E-state index contributed by atoms with van der Waals surface area (Å²) in [5, 5.41) is 26.1. The molecule has 0 aromatic heterocycles. The molecule has 2 heterocycles. The standard InChI is InChI=1S/C28H35N5O8/c1-3-4-13-31(24(34)23-20-9-6-5-8-18(20)11-12-21(23)30-17(2)25(35)36)28(40)33-16-19(26(37)38)15-29-41-27(39)22-10-7-14-32(22)33/h5-6,8-9,11-12,17,19,22,29-30H,3-4,7,10,13-16H2,1-2H3,(H,35,36)(H,37,38)/t17-,19+,22-/m0/s1.